The summed E-state index contributed by atoms with van der Waals surface area (Å²) in [7, 11) is 0. The van der Waals surface area contributed by atoms with Crippen molar-refractivity contribution in [3.05, 3.63) is 65.9 Å². The highest BCUT2D eigenvalue weighted by molar-refractivity contribution is 5.90. The normalized spacial score (nSPS) is 16.3. The Hall–Kier alpha value is -3.30. The Balaban J connectivity index is 1.56. The summed E-state index contributed by atoms with van der Waals surface area (Å²) in [5.41, 5.74) is 2.17. The Bertz CT molecular complexity index is 1110. The second-order valence-corrected chi connectivity index (χ2v) is 8.00. The number of carbonyl (C=O) groups is 2. The number of carboxylic acids is 2. The van der Waals surface area contributed by atoms with Crippen LogP contribution in [0.25, 0.3) is 10.9 Å². The fraction of sp³-hybridized carbons (Fsp3) is 0.348. The van der Waals surface area contributed by atoms with Crippen LogP contribution in [-0.4, -0.2) is 67.7 Å². The van der Waals surface area contributed by atoms with Crippen molar-refractivity contribution in [1.82, 2.24) is 19.4 Å². The van der Waals surface area contributed by atoms with Crippen molar-refractivity contribution in [2.75, 3.05) is 26.2 Å². The third kappa shape index (κ3) is 4.79. The van der Waals surface area contributed by atoms with E-state index in [1.807, 2.05) is 23.2 Å². The molecule has 0 amide bonds. The van der Waals surface area contributed by atoms with E-state index in [1.54, 1.807) is 23.0 Å². The minimum Gasteiger partial charge on any atom is -0.481 e. The lowest BCUT2D eigenvalue weighted by Crippen LogP contribution is -2.48. The molecule has 1 fully saturated rings. The van der Waals surface area contributed by atoms with Crippen molar-refractivity contribution in [3.63, 3.8) is 0 Å². The molecule has 1 aliphatic rings. The summed E-state index contributed by atoms with van der Waals surface area (Å²) < 4.78 is 15.5. The van der Waals surface area contributed by atoms with Crippen molar-refractivity contribution in [2.45, 2.75) is 25.6 Å². The van der Waals surface area contributed by atoms with Crippen LogP contribution in [0.4, 0.5) is 4.39 Å². The van der Waals surface area contributed by atoms with Crippen LogP contribution >= 0.6 is 0 Å². The third-order valence-corrected chi connectivity index (χ3v) is 5.87. The van der Waals surface area contributed by atoms with Gasteiger partial charge in [0.15, 0.2) is 0 Å². The second kappa shape index (κ2) is 9.46. The summed E-state index contributed by atoms with van der Waals surface area (Å²) in [6.45, 7) is 3.46. The minimum atomic E-state index is -0.979. The Morgan fingerprint density at radius 1 is 1.12 bits per heavy atom. The second-order valence-electron chi connectivity index (χ2n) is 8.00. The maximum Gasteiger partial charge on any atom is 0.325 e. The van der Waals surface area contributed by atoms with Crippen molar-refractivity contribution < 1.29 is 24.2 Å². The number of aliphatic carboxylic acids is 2. The molecule has 9 heteroatoms. The smallest absolute Gasteiger partial charge is 0.325 e. The molecule has 4 rings (SSSR count). The first kappa shape index (κ1) is 21.9. The molecule has 1 unspecified atom stereocenters. The number of nitrogens with zero attached hydrogens (tertiary/aromatic N) is 4. The summed E-state index contributed by atoms with van der Waals surface area (Å²) in [6.07, 6.45) is 5.09. The molecule has 3 heterocycles. The Kier molecular flexibility index (Phi) is 6.48. The molecule has 0 aliphatic carbocycles. The van der Waals surface area contributed by atoms with Gasteiger partial charge in [-0.3, -0.25) is 24.4 Å². The van der Waals surface area contributed by atoms with Crippen molar-refractivity contribution in [1.29, 1.82) is 0 Å². The van der Waals surface area contributed by atoms with Crippen LogP contribution in [0, 0.1) is 5.82 Å². The van der Waals surface area contributed by atoms with Gasteiger partial charge in [-0.25, -0.2) is 4.39 Å². The molecule has 2 N–H and O–H groups in total. The molecule has 0 bridgehead atoms. The van der Waals surface area contributed by atoms with Crippen molar-refractivity contribution >= 4 is 22.8 Å². The quantitative estimate of drug-likeness (QED) is 0.556. The zero-order valence-corrected chi connectivity index (χ0v) is 17.5. The molecule has 168 valence electrons. The van der Waals surface area contributed by atoms with E-state index < -0.39 is 23.8 Å². The van der Waals surface area contributed by atoms with Gasteiger partial charge < -0.3 is 14.8 Å². The van der Waals surface area contributed by atoms with E-state index in [0.717, 1.165) is 12.1 Å². The van der Waals surface area contributed by atoms with Crippen molar-refractivity contribution in [2.24, 2.45) is 0 Å². The van der Waals surface area contributed by atoms with Gasteiger partial charge in [-0.15, -0.1) is 0 Å². The third-order valence-electron chi connectivity index (χ3n) is 5.87. The molecule has 8 nitrogen and oxygen atoms in total. The predicted octanol–water partition coefficient (Wildman–Crippen LogP) is 2.59. The molecule has 32 heavy (non-hydrogen) atoms. The van der Waals surface area contributed by atoms with Crippen LogP contribution in [0.5, 0.6) is 0 Å². The fourth-order valence-corrected chi connectivity index (χ4v) is 4.33. The summed E-state index contributed by atoms with van der Waals surface area (Å²) in [6, 6.07) is 7.23. The number of piperazine rings is 1. The number of fused-ring (bicyclic) bond motifs is 1. The number of halogens is 1. The van der Waals surface area contributed by atoms with E-state index in [-0.39, 0.29) is 13.0 Å². The number of benzene rings is 1. The molecule has 1 aromatic carbocycles. The molecule has 2 aromatic heterocycles. The number of carboxylic acid groups (broad SMARTS) is 2. The number of aromatic nitrogens is 2. The average Bonchev–Trinajstić information content (AvgIpc) is 3.11. The van der Waals surface area contributed by atoms with Crippen LogP contribution < -0.4 is 0 Å². The summed E-state index contributed by atoms with van der Waals surface area (Å²) in [5, 5.41) is 19.7. The van der Waals surface area contributed by atoms with E-state index >= 15 is 0 Å². The van der Waals surface area contributed by atoms with Gasteiger partial charge in [0.2, 0.25) is 0 Å². The summed E-state index contributed by atoms with van der Waals surface area (Å²) in [4.78, 5) is 31.7. The molecule has 1 atom stereocenters. The number of hydrogen-bond acceptors (Lipinski definition) is 5. The first-order chi connectivity index (χ1) is 15.4. The molecular formula is C23H25FN4O4. The van der Waals surface area contributed by atoms with Gasteiger partial charge >= 0.3 is 11.9 Å². The standard InChI is InChI=1S/C23H25FN4O4/c24-17-3-4-18-19(15-28(20(18)12-17)7-5-21(29)30)22(23(31)32)27-10-8-26(9-11-27)14-16-2-1-6-25-13-16/h1-4,6,12-13,15,22H,5,7-11,14H2,(H,29,30)(H,31,32). The number of hydrogen-bond donors (Lipinski definition) is 2. The minimum absolute atomic E-state index is 0.134. The van der Waals surface area contributed by atoms with Gasteiger partial charge in [-0.2, -0.15) is 0 Å². The van der Waals surface area contributed by atoms with E-state index in [4.69, 9.17) is 5.11 Å². The summed E-state index contributed by atoms with van der Waals surface area (Å²) in [5.74, 6) is -2.40. The monoisotopic (exact) mass is 440 g/mol. The largest absolute Gasteiger partial charge is 0.481 e. The zero-order valence-electron chi connectivity index (χ0n) is 17.5. The van der Waals surface area contributed by atoms with E-state index in [9.17, 15) is 19.1 Å². The molecule has 0 spiro atoms. The Morgan fingerprint density at radius 2 is 1.91 bits per heavy atom. The lowest BCUT2D eigenvalue weighted by atomic mass is 10.0. The molecule has 0 radical (unpaired) electrons. The van der Waals surface area contributed by atoms with Crippen molar-refractivity contribution in [3.8, 4) is 0 Å². The lowest BCUT2D eigenvalue weighted by Gasteiger charge is -2.37. The highest BCUT2D eigenvalue weighted by atomic mass is 19.1. The van der Waals surface area contributed by atoms with Crippen LogP contribution in [0.2, 0.25) is 0 Å². The topological polar surface area (TPSA) is 98.9 Å². The Morgan fingerprint density at radius 3 is 2.56 bits per heavy atom. The van der Waals surface area contributed by atoms with Gasteiger partial charge in [0.1, 0.15) is 11.9 Å². The van der Waals surface area contributed by atoms with Gasteiger partial charge in [0, 0.05) is 68.8 Å². The highest BCUT2D eigenvalue weighted by Gasteiger charge is 2.32. The zero-order chi connectivity index (χ0) is 22.7. The number of aryl methyl sites for hydroxylation is 1. The SMILES string of the molecule is O=C(O)CCn1cc(C(C(=O)O)N2CCN(Cc3cccnc3)CC2)c2ccc(F)cc21. The molecular weight excluding hydrogens is 415 g/mol. The van der Waals surface area contributed by atoms with Crippen LogP contribution in [0.15, 0.2) is 48.9 Å². The van der Waals surface area contributed by atoms with E-state index in [2.05, 4.69) is 9.88 Å². The van der Waals surface area contributed by atoms with Crippen LogP contribution in [0.1, 0.15) is 23.6 Å². The Labute approximate surface area is 184 Å². The molecule has 0 saturated carbocycles. The maximum atomic E-state index is 13.9. The van der Waals surface area contributed by atoms with Gasteiger partial charge in [-0.05, 0) is 29.8 Å². The van der Waals surface area contributed by atoms with E-state index in [0.29, 0.717) is 42.6 Å². The van der Waals surface area contributed by atoms with Gasteiger partial charge in [-0.1, -0.05) is 6.07 Å². The van der Waals surface area contributed by atoms with Gasteiger partial charge in [0.05, 0.1) is 11.9 Å². The predicted molar refractivity (Wildman–Crippen MR) is 116 cm³/mol. The van der Waals surface area contributed by atoms with Crippen LogP contribution in [0.3, 0.4) is 0 Å². The molecule has 1 saturated heterocycles. The lowest BCUT2D eigenvalue weighted by molar-refractivity contribution is -0.144. The summed E-state index contributed by atoms with van der Waals surface area (Å²) >= 11 is 0. The fourth-order valence-electron chi connectivity index (χ4n) is 4.33. The number of pyridine rings is 1. The van der Waals surface area contributed by atoms with Crippen LogP contribution in [-0.2, 0) is 22.7 Å². The highest BCUT2D eigenvalue weighted by Crippen LogP contribution is 2.32. The average molecular weight is 440 g/mol. The first-order valence-electron chi connectivity index (χ1n) is 10.5. The molecule has 3 aromatic rings. The van der Waals surface area contributed by atoms with Gasteiger partial charge in [0.25, 0.3) is 0 Å². The maximum absolute atomic E-state index is 13.9. The van der Waals surface area contributed by atoms with E-state index in [1.165, 1.54) is 12.1 Å². The molecule has 1 aliphatic heterocycles. The number of rotatable bonds is 8. The first-order valence-corrected chi connectivity index (χ1v) is 10.5.